The Kier molecular flexibility index (Phi) is 7.79. The highest BCUT2D eigenvalue weighted by Gasteiger charge is 2.44. The monoisotopic (exact) mass is 485 g/mol. The van der Waals surface area contributed by atoms with E-state index in [2.05, 4.69) is 10.1 Å². The molecule has 1 saturated heterocycles. The van der Waals surface area contributed by atoms with E-state index in [1.807, 2.05) is 0 Å². The van der Waals surface area contributed by atoms with Crippen molar-refractivity contribution in [2.45, 2.75) is 12.5 Å². The van der Waals surface area contributed by atoms with E-state index < -0.39 is 29.8 Å². The van der Waals surface area contributed by atoms with Crippen LogP contribution in [0.4, 0.5) is 11.4 Å². The van der Waals surface area contributed by atoms with Crippen molar-refractivity contribution < 1.29 is 33.4 Å². The first-order valence-corrected chi connectivity index (χ1v) is 10.5. The summed E-state index contributed by atoms with van der Waals surface area (Å²) in [6.45, 7) is -0.336. The van der Waals surface area contributed by atoms with Gasteiger partial charge in [0.25, 0.3) is 5.91 Å². The van der Waals surface area contributed by atoms with Crippen LogP contribution in [0.25, 0.3) is 0 Å². The fourth-order valence-corrected chi connectivity index (χ4v) is 3.70. The highest BCUT2D eigenvalue weighted by atomic mass is 32.1. The number of nitrogens with zero attached hydrogens (tertiary/aromatic N) is 2. The average Bonchev–Trinajstić information content (AvgIpc) is 3.15. The normalized spacial score (nSPS) is 15.0. The zero-order chi connectivity index (χ0) is 24.8. The van der Waals surface area contributed by atoms with Crippen molar-refractivity contribution in [1.29, 1.82) is 0 Å². The molecule has 1 atom stereocenters. The second-order valence-electron chi connectivity index (χ2n) is 7.19. The van der Waals surface area contributed by atoms with E-state index in [9.17, 15) is 19.2 Å². The van der Waals surface area contributed by atoms with Crippen molar-refractivity contribution in [2.24, 2.45) is 0 Å². The average molecular weight is 486 g/mol. The Hall–Kier alpha value is -3.99. The number of methoxy groups -OCH3 is 3. The molecule has 0 spiro atoms. The van der Waals surface area contributed by atoms with Gasteiger partial charge in [-0.3, -0.25) is 14.4 Å². The van der Waals surface area contributed by atoms with Gasteiger partial charge in [-0.25, -0.2) is 9.69 Å². The molecular formula is C23H23N3O7S. The molecule has 0 saturated carbocycles. The molecule has 0 radical (unpaired) electrons. The Bertz CT molecular complexity index is 1100. The van der Waals surface area contributed by atoms with Crippen molar-refractivity contribution in [1.82, 2.24) is 4.90 Å². The third-order valence-corrected chi connectivity index (χ3v) is 5.51. The third-order valence-electron chi connectivity index (χ3n) is 5.17. The zero-order valence-corrected chi connectivity index (χ0v) is 19.6. The Morgan fingerprint density at radius 1 is 1.03 bits per heavy atom. The van der Waals surface area contributed by atoms with Gasteiger partial charge in [0.1, 0.15) is 18.3 Å². The molecule has 2 aromatic carbocycles. The number of ether oxygens (including phenoxy) is 3. The van der Waals surface area contributed by atoms with Gasteiger partial charge >= 0.3 is 11.9 Å². The molecule has 11 heteroatoms. The first-order valence-electron chi connectivity index (χ1n) is 10.1. The lowest BCUT2D eigenvalue weighted by Gasteiger charge is -2.29. The predicted molar refractivity (Wildman–Crippen MR) is 127 cm³/mol. The number of amides is 2. The lowest BCUT2D eigenvalue weighted by molar-refractivity contribution is -0.141. The molecule has 2 amide bonds. The van der Waals surface area contributed by atoms with Gasteiger partial charge in [-0.2, -0.15) is 0 Å². The van der Waals surface area contributed by atoms with Gasteiger partial charge in [-0.1, -0.05) is 0 Å². The molecule has 1 aliphatic rings. The number of esters is 2. The van der Waals surface area contributed by atoms with Crippen LogP contribution >= 0.6 is 12.2 Å². The summed E-state index contributed by atoms with van der Waals surface area (Å²) < 4.78 is 14.5. The van der Waals surface area contributed by atoms with Gasteiger partial charge in [-0.05, 0) is 60.7 Å². The van der Waals surface area contributed by atoms with Crippen molar-refractivity contribution >= 4 is 52.5 Å². The lowest BCUT2D eigenvalue weighted by atomic mass is 10.2. The lowest BCUT2D eigenvalue weighted by Crippen LogP contribution is -2.49. The highest BCUT2D eigenvalue weighted by Crippen LogP contribution is 2.27. The maximum absolute atomic E-state index is 13.3. The quantitative estimate of drug-likeness (QED) is 0.355. The number of rotatable bonds is 7. The topological polar surface area (TPSA) is 114 Å². The molecule has 2 aromatic rings. The number of thiocarbonyl (C=S) groups is 1. The molecule has 178 valence electrons. The number of benzene rings is 2. The minimum atomic E-state index is -1.02. The molecule has 1 heterocycles. The number of hydrogen-bond acceptors (Lipinski definition) is 8. The fraction of sp³-hybridized carbons (Fsp3) is 0.261. The Morgan fingerprint density at radius 2 is 1.68 bits per heavy atom. The van der Waals surface area contributed by atoms with Crippen molar-refractivity contribution in [3.05, 3.63) is 54.1 Å². The molecule has 0 unspecified atom stereocenters. The molecule has 1 fully saturated rings. The predicted octanol–water partition coefficient (Wildman–Crippen LogP) is 1.99. The molecule has 1 N–H and O–H groups in total. The third kappa shape index (κ3) is 5.31. The summed E-state index contributed by atoms with van der Waals surface area (Å²) in [5.41, 5.74) is 1.17. The first kappa shape index (κ1) is 24.6. The Morgan fingerprint density at radius 3 is 2.24 bits per heavy atom. The summed E-state index contributed by atoms with van der Waals surface area (Å²) in [5, 5.41) is 3.05. The van der Waals surface area contributed by atoms with Crippen molar-refractivity contribution in [3.8, 4) is 5.75 Å². The van der Waals surface area contributed by atoms with Gasteiger partial charge < -0.3 is 24.4 Å². The van der Waals surface area contributed by atoms with Crippen molar-refractivity contribution in [2.75, 3.05) is 38.1 Å². The molecular weight excluding hydrogens is 462 g/mol. The molecule has 10 nitrogen and oxygen atoms in total. The highest BCUT2D eigenvalue weighted by molar-refractivity contribution is 7.80. The summed E-state index contributed by atoms with van der Waals surface area (Å²) in [7, 11) is 4.02. The maximum Gasteiger partial charge on any atom is 0.337 e. The van der Waals surface area contributed by atoms with Crippen LogP contribution in [0.5, 0.6) is 5.75 Å². The number of anilines is 2. The SMILES string of the molecule is COC(=O)CN(C(=S)Nc1ccc(OC)cc1)[C@@H]1CC(=O)N(c2ccc(C(=O)OC)cc2)C1=O. The largest absolute Gasteiger partial charge is 0.497 e. The van der Waals surface area contributed by atoms with Gasteiger partial charge in [0.05, 0.1) is 39.0 Å². The van der Waals surface area contributed by atoms with Gasteiger partial charge in [0.15, 0.2) is 5.11 Å². The smallest absolute Gasteiger partial charge is 0.337 e. The van der Waals surface area contributed by atoms with Crippen LogP contribution in [0, 0.1) is 0 Å². The molecule has 34 heavy (non-hydrogen) atoms. The summed E-state index contributed by atoms with van der Waals surface area (Å²) >= 11 is 5.47. The number of carbonyl (C=O) groups is 4. The fourth-order valence-electron chi connectivity index (χ4n) is 3.39. The van der Waals surface area contributed by atoms with Crippen LogP contribution < -0.4 is 15.0 Å². The van der Waals surface area contributed by atoms with Crippen LogP contribution in [0.3, 0.4) is 0 Å². The maximum atomic E-state index is 13.3. The van der Waals surface area contributed by atoms with Crippen molar-refractivity contribution in [3.63, 3.8) is 0 Å². The molecule has 1 aliphatic heterocycles. The standard InChI is InChI=1S/C23H23N3O7S/c1-31-17-10-6-15(7-11-17)24-23(34)25(13-20(28)32-2)18-12-19(27)26(21(18)29)16-8-4-14(5-9-16)22(30)33-3/h4-11,18H,12-13H2,1-3H3,(H,24,34)/t18-/m1/s1. The summed E-state index contributed by atoms with van der Waals surface area (Å²) in [6.07, 6.45) is -0.195. The van der Waals surface area contributed by atoms with Gasteiger partial charge in [0, 0.05) is 5.69 Å². The second-order valence-corrected chi connectivity index (χ2v) is 7.58. The van der Waals surface area contributed by atoms with Crippen LogP contribution in [-0.4, -0.2) is 67.7 Å². The minimum absolute atomic E-state index is 0.0737. The summed E-state index contributed by atoms with van der Waals surface area (Å²) in [4.78, 5) is 52.1. The number of carbonyl (C=O) groups excluding carboxylic acids is 4. The Balaban J connectivity index is 1.83. The van der Waals surface area contributed by atoms with E-state index >= 15 is 0 Å². The van der Waals surface area contributed by atoms with Crippen LogP contribution in [0.1, 0.15) is 16.8 Å². The van der Waals surface area contributed by atoms with E-state index in [1.165, 1.54) is 43.4 Å². The van der Waals surface area contributed by atoms with Gasteiger partial charge in [0.2, 0.25) is 5.91 Å². The van der Waals surface area contributed by atoms with E-state index in [0.29, 0.717) is 11.4 Å². The summed E-state index contributed by atoms with van der Waals surface area (Å²) in [6, 6.07) is 11.7. The van der Waals surface area contributed by atoms with E-state index in [4.69, 9.17) is 21.7 Å². The molecule has 0 aliphatic carbocycles. The second kappa shape index (κ2) is 10.8. The van der Waals surface area contributed by atoms with E-state index in [1.54, 1.807) is 31.4 Å². The van der Waals surface area contributed by atoms with Gasteiger partial charge in [-0.15, -0.1) is 0 Å². The number of imide groups is 1. The van der Waals surface area contributed by atoms with Crippen LogP contribution in [0.15, 0.2) is 48.5 Å². The molecule has 0 aromatic heterocycles. The molecule has 3 rings (SSSR count). The number of hydrogen-bond donors (Lipinski definition) is 1. The summed E-state index contributed by atoms with van der Waals surface area (Å²) in [5.74, 6) is -1.54. The van der Waals surface area contributed by atoms with Crippen LogP contribution in [0.2, 0.25) is 0 Å². The first-order chi connectivity index (χ1) is 16.3. The molecule has 0 bridgehead atoms. The van der Waals surface area contributed by atoms with Crippen LogP contribution in [-0.2, 0) is 23.9 Å². The Labute approximate surface area is 201 Å². The minimum Gasteiger partial charge on any atom is -0.497 e. The van der Waals surface area contributed by atoms with E-state index in [0.717, 1.165) is 4.90 Å². The van der Waals surface area contributed by atoms with E-state index in [-0.39, 0.29) is 29.3 Å². The zero-order valence-electron chi connectivity index (χ0n) is 18.8. The number of nitrogens with one attached hydrogen (secondary N) is 1.